The number of nitrogens with zero attached hydrogens (tertiary/aromatic N) is 2. The lowest BCUT2D eigenvalue weighted by Gasteiger charge is -2.22. The number of hydrogen-bond donors (Lipinski definition) is 2. The monoisotopic (exact) mass is 344 g/mol. The predicted molar refractivity (Wildman–Crippen MR) is 104 cm³/mol. The first-order valence-electron chi connectivity index (χ1n) is 9.02. The molecule has 2 aliphatic heterocycles. The molecule has 2 unspecified atom stereocenters. The maximum Gasteiger partial charge on any atom is 0.0460 e. The van der Waals surface area contributed by atoms with Gasteiger partial charge in [0, 0.05) is 66.9 Å². The van der Waals surface area contributed by atoms with Crippen molar-refractivity contribution in [1.29, 1.82) is 0 Å². The van der Waals surface area contributed by atoms with Crippen LogP contribution in [0.1, 0.15) is 22.8 Å². The summed E-state index contributed by atoms with van der Waals surface area (Å²) in [6, 6.07) is 7.72. The molecule has 0 bridgehead atoms. The van der Waals surface area contributed by atoms with Gasteiger partial charge in [-0.1, -0.05) is 12.1 Å². The number of benzene rings is 1. The Kier molecular flexibility index (Phi) is 4.86. The summed E-state index contributed by atoms with van der Waals surface area (Å²) in [6.07, 6.45) is 3.50. The molecule has 2 fully saturated rings. The number of hydrogen-bond acceptors (Lipinski definition) is 4. The highest BCUT2D eigenvalue weighted by molar-refractivity contribution is 7.99. The Morgan fingerprint density at radius 2 is 2.25 bits per heavy atom. The van der Waals surface area contributed by atoms with Crippen LogP contribution < -0.4 is 5.32 Å². The molecular weight excluding hydrogens is 316 g/mol. The molecule has 2 aliphatic rings. The fraction of sp³-hybridized carbons (Fsp3) is 0.579. The molecule has 2 saturated heterocycles. The molecule has 0 saturated carbocycles. The van der Waals surface area contributed by atoms with Crippen LogP contribution in [-0.2, 0) is 6.54 Å². The van der Waals surface area contributed by atoms with Crippen molar-refractivity contribution >= 4 is 22.7 Å². The first-order chi connectivity index (χ1) is 11.7. The number of H-pyrrole nitrogens is 1. The molecule has 2 N–H and O–H groups in total. The maximum atomic E-state index is 3.51. The van der Waals surface area contributed by atoms with Crippen LogP contribution in [0.25, 0.3) is 10.9 Å². The van der Waals surface area contributed by atoms with Crippen molar-refractivity contribution in [2.24, 2.45) is 0 Å². The summed E-state index contributed by atoms with van der Waals surface area (Å²) in [4.78, 5) is 8.45. The van der Waals surface area contributed by atoms with Gasteiger partial charge in [0.1, 0.15) is 0 Å². The van der Waals surface area contributed by atoms with Crippen molar-refractivity contribution in [2.45, 2.75) is 24.3 Å². The fourth-order valence-electron chi connectivity index (χ4n) is 3.93. The number of nitrogens with one attached hydrogen (secondary N) is 2. The number of aromatic nitrogens is 1. The summed E-state index contributed by atoms with van der Waals surface area (Å²) in [5.74, 6) is 1.21. The number of likely N-dealkylation sites (tertiary alicyclic amines) is 1. The van der Waals surface area contributed by atoms with Crippen molar-refractivity contribution in [1.82, 2.24) is 20.1 Å². The van der Waals surface area contributed by atoms with Gasteiger partial charge in [0.05, 0.1) is 0 Å². The molecule has 4 rings (SSSR count). The lowest BCUT2D eigenvalue weighted by molar-refractivity contribution is 0.265. The number of fused-ring (bicyclic) bond motifs is 1. The molecule has 130 valence electrons. The zero-order valence-electron chi connectivity index (χ0n) is 14.7. The third-order valence-electron chi connectivity index (χ3n) is 5.46. The van der Waals surface area contributed by atoms with Crippen LogP contribution >= 0.6 is 11.8 Å². The van der Waals surface area contributed by atoms with Gasteiger partial charge in [0.25, 0.3) is 0 Å². The van der Waals surface area contributed by atoms with E-state index in [4.69, 9.17) is 0 Å². The summed E-state index contributed by atoms with van der Waals surface area (Å²) in [7, 11) is 4.39. The van der Waals surface area contributed by atoms with Crippen molar-refractivity contribution in [3.05, 3.63) is 35.5 Å². The van der Waals surface area contributed by atoms with Gasteiger partial charge in [-0.3, -0.25) is 4.90 Å². The molecule has 1 aromatic carbocycles. The molecule has 4 nitrogen and oxygen atoms in total. The highest BCUT2D eigenvalue weighted by atomic mass is 32.2. The van der Waals surface area contributed by atoms with Crippen molar-refractivity contribution in [3.63, 3.8) is 0 Å². The highest BCUT2D eigenvalue weighted by Crippen LogP contribution is 2.32. The van der Waals surface area contributed by atoms with Crippen molar-refractivity contribution in [3.8, 4) is 0 Å². The summed E-state index contributed by atoms with van der Waals surface area (Å²) >= 11 is 2.07. The summed E-state index contributed by atoms with van der Waals surface area (Å²) in [5, 5.41) is 5.49. The SMILES string of the molecule is CN(C)C1CCN(Cc2c[nH]c3cc(C4CNCCS4)ccc23)C1. The van der Waals surface area contributed by atoms with E-state index in [0.717, 1.165) is 19.6 Å². The smallest absolute Gasteiger partial charge is 0.0460 e. The van der Waals surface area contributed by atoms with Gasteiger partial charge in [-0.25, -0.2) is 0 Å². The molecule has 0 amide bonds. The van der Waals surface area contributed by atoms with E-state index >= 15 is 0 Å². The minimum atomic E-state index is 0.592. The molecule has 0 aliphatic carbocycles. The Morgan fingerprint density at radius 1 is 1.33 bits per heavy atom. The third kappa shape index (κ3) is 3.36. The number of likely N-dealkylation sites (N-methyl/N-ethyl adjacent to an activating group) is 1. The van der Waals surface area contributed by atoms with Gasteiger partial charge in [-0.15, -0.1) is 0 Å². The van der Waals surface area contributed by atoms with E-state index < -0.39 is 0 Å². The van der Waals surface area contributed by atoms with E-state index in [1.165, 1.54) is 47.3 Å². The zero-order valence-corrected chi connectivity index (χ0v) is 15.5. The van der Waals surface area contributed by atoms with E-state index in [-0.39, 0.29) is 0 Å². The first kappa shape index (κ1) is 16.5. The van der Waals surface area contributed by atoms with Gasteiger partial charge in [-0.2, -0.15) is 11.8 Å². The average molecular weight is 345 g/mol. The Hall–Kier alpha value is -1.01. The molecule has 0 radical (unpaired) electrons. The Bertz CT molecular complexity index is 690. The molecule has 2 aromatic rings. The van der Waals surface area contributed by atoms with Crippen LogP contribution in [0.5, 0.6) is 0 Å². The summed E-state index contributed by atoms with van der Waals surface area (Å²) < 4.78 is 0. The molecule has 5 heteroatoms. The lowest BCUT2D eigenvalue weighted by Crippen LogP contribution is -2.31. The van der Waals surface area contributed by atoms with Gasteiger partial charge in [-0.05, 0) is 37.7 Å². The van der Waals surface area contributed by atoms with E-state index in [9.17, 15) is 0 Å². The van der Waals surface area contributed by atoms with Crippen molar-refractivity contribution < 1.29 is 0 Å². The second-order valence-corrected chi connectivity index (χ2v) is 8.63. The molecule has 24 heavy (non-hydrogen) atoms. The zero-order chi connectivity index (χ0) is 16.5. The van der Waals surface area contributed by atoms with E-state index in [1.807, 2.05) is 0 Å². The Balaban J connectivity index is 1.49. The molecule has 0 spiro atoms. The van der Waals surface area contributed by atoms with Crippen LogP contribution in [0.2, 0.25) is 0 Å². The predicted octanol–water partition coefficient (Wildman–Crippen LogP) is 2.68. The van der Waals surface area contributed by atoms with E-state index in [2.05, 4.69) is 70.4 Å². The van der Waals surface area contributed by atoms with Crippen LogP contribution in [0.3, 0.4) is 0 Å². The topological polar surface area (TPSA) is 34.3 Å². The van der Waals surface area contributed by atoms with Gasteiger partial charge in [0.15, 0.2) is 0 Å². The van der Waals surface area contributed by atoms with Crippen LogP contribution in [0.4, 0.5) is 0 Å². The number of aromatic amines is 1. The standard InChI is InChI=1S/C19H28N4S/c1-22(2)16-5-7-23(13-16)12-15-10-21-18-9-14(3-4-17(15)18)19-11-20-6-8-24-19/h3-4,9-10,16,19-21H,5-8,11-13H2,1-2H3. The Morgan fingerprint density at radius 3 is 3.00 bits per heavy atom. The van der Waals surface area contributed by atoms with Crippen molar-refractivity contribution in [2.75, 3.05) is 46.0 Å². The summed E-state index contributed by atoms with van der Waals surface area (Å²) in [6.45, 7) is 5.67. The molecular formula is C19H28N4S. The number of rotatable bonds is 4. The fourth-order valence-corrected chi connectivity index (χ4v) is 5.05. The number of thioether (sulfide) groups is 1. The largest absolute Gasteiger partial charge is 0.361 e. The van der Waals surface area contributed by atoms with Gasteiger partial charge >= 0.3 is 0 Å². The van der Waals surface area contributed by atoms with E-state index in [1.54, 1.807) is 0 Å². The quantitative estimate of drug-likeness (QED) is 0.894. The first-order valence-corrected chi connectivity index (χ1v) is 10.1. The van der Waals surface area contributed by atoms with Gasteiger partial charge < -0.3 is 15.2 Å². The third-order valence-corrected chi connectivity index (χ3v) is 6.74. The minimum absolute atomic E-state index is 0.592. The van der Waals surface area contributed by atoms with Gasteiger partial charge in [0.2, 0.25) is 0 Å². The summed E-state index contributed by atoms with van der Waals surface area (Å²) in [5.41, 5.74) is 4.17. The second-order valence-electron chi connectivity index (χ2n) is 7.32. The maximum absolute atomic E-state index is 3.51. The molecule has 3 heterocycles. The lowest BCUT2D eigenvalue weighted by atomic mass is 10.1. The highest BCUT2D eigenvalue weighted by Gasteiger charge is 2.24. The van der Waals surface area contributed by atoms with E-state index in [0.29, 0.717) is 11.3 Å². The molecule has 2 atom stereocenters. The average Bonchev–Trinajstić information content (AvgIpc) is 3.23. The second kappa shape index (κ2) is 7.08. The minimum Gasteiger partial charge on any atom is -0.361 e. The Labute approximate surface area is 149 Å². The van der Waals surface area contributed by atoms with Crippen LogP contribution in [-0.4, -0.2) is 66.9 Å². The normalized spacial score (nSPS) is 25.8. The van der Waals surface area contributed by atoms with Crippen LogP contribution in [0.15, 0.2) is 24.4 Å². The molecule has 1 aromatic heterocycles. The van der Waals surface area contributed by atoms with Crippen LogP contribution in [0, 0.1) is 0 Å².